The van der Waals surface area contributed by atoms with Gasteiger partial charge < -0.3 is 14.6 Å². The quantitative estimate of drug-likeness (QED) is 0.494. The Morgan fingerprint density at radius 1 is 1.25 bits per heavy atom. The van der Waals surface area contributed by atoms with Gasteiger partial charge in [-0.1, -0.05) is 19.1 Å². The van der Waals surface area contributed by atoms with Crippen molar-refractivity contribution in [1.29, 1.82) is 0 Å². The summed E-state index contributed by atoms with van der Waals surface area (Å²) in [5.41, 5.74) is 2.39. The van der Waals surface area contributed by atoms with Gasteiger partial charge in [-0.05, 0) is 25.5 Å². The zero-order valence-electron chi connectivity index (χ0n) is 18.3. The van der Waals surface area contributed by atoms with E-state index >= 15 is 0 Å². The highest BCUT2D eigenvalue weighted by Crippen LogP contribution is 2.34. The number of hydrogen-bond donors (Lipinski definition) is 1. The van der Waals surface area contributed by atoms with Crippen molar-refractivity contribution in [3.8, 4) is 11.4 Å². The maximum atomic E-state index is 12.5. The monoisotopic (exact) mass is 454 g/mol. The van der Waals surface area contributed by atoms with Crippen LogP contribution >= 0.6 is 0 Å². The molecule has 32 heavy (non-hydrogen) atoms. The molecule has 4 aromatic rings. The van der Waals surface area contributed by atoms with Crippen LogP contribution in [0.3, 0.4) is 0 Å². The number of aromatic amines is 1. The van der Waals surface area contributed by atoms with Gasteiger partial charge in [-0.25, -0.2) is 23.1 Å². The van der Waals surface area contributed by atoms with Gasteiger partial charge in [0.15, 0.2) is 26.7 Å². The van der Waals surface area contributed by atoms with E-state index in [1.165, 1.54) is 10.9 Å². The number of nitrogens with zero attached hydrogens (tertiary/aromatic N) is 5. The average molecular weight is 455 g/mol. The smallest absolute Gasteiger partial charge is 0.170 e. The van der Waals surface area contributed by atoms with E-state index in [0.29, 0.717) is 37.7 Å². The van der Waals surface area contributed by atoms with Crippen molar-refractivity contribution in [2.75, 3.05) is 30.9 Å². The highest BCUT2D eigenvalue weighted by molar-refractivity contribution is 7.90. The minimum absolute atomic E-state index is 0.123. The second-order valence-corrected chi connectivity index (χ2v) is 10.5. The zero-order chi connectivity index (χ0) is 22.5. The van der Waals surface area contributed by atoms with Gasteiger partial charge in [-0.2, -0.15) is 5.10 Å². The number of aromatic nitrogens is 5. The van der Waals surface area contributed by atoms with E-state index in [-0.39, 0.29) is 6.04 Å². The lowest BCUT2D eigenvalue weighted by molar-refractivity contribution is 0.0987. The van der Waals surface area contributed by atoms with E-state index in [9.17, 15) is 8.42 Å². The van der Waals surface area contributed by atoms with Crippen LogP contribution in [0.4, 0.5) is 5.82 Å². The van der Waals surface area contributed by atoms with Crippen LogP contribution < -0.4 is 4.90 Å². The van der Waals surface area contributed by atoms with Crippen LogP contribution in [0.25, 0.3) is 33.3 Å². The van der Waals surface area contributed by atoms with E-state index in [4.69, 9.17) is 14.7 Å². The Hall–Kier alpha value is -2.98. The van der Waals surface area contributed by atoms with Crippen LogP contribution in [-0.4, -0.2) is 65.2 Å². The van der Waals surface area contributed by atoms with Crippen molar-refractivity contribution < 1.29 is 13.2 Å². The lowest BCUT2D eigenvalue weighted by Gasteiger charge is -2.34. The summed E-state index contributed by atoms with van der Waals surface area (Å²) in [7, 11) is -3.38. The van der Waals surface area contributed by atoms with Gasteiger partial charge >= 0.3 is 0 Å². The number of sulfone groups is 1. The summed E-state index contributed by atoms with van der Waals surface area (Å²) in [4.78, 5) is 15.3. The number of benzene rings is 1. The fraction of sp³-hybridized carbons (Fsp3) is 0.409. The molecule has 9 nitrogen and oxygen atoms in total. The molecule has 1 unspecified atom stereocenters. The van der Waals surface area contributed by atoms with Crippen molar-refractivity contribution in [1.82, 2.24) is 24.7 Å². The number of anilines is 1. The molecule has 168 valence electrons. The Bertz CT molecular complexity index is 1390. The first-order chi connectivity index (χ1) is 15.4. The third kappa shape index (κ3) is 3.43. The van der Waals surface area contributed by atoms with Gasteiger partial charge in [-0.15, -0.1) is 0 Å². The van der Waals surface area contributed by atoms with E-state index in [1.54, 1.807) is 6.20 Å². The molecule has 1 aliphatic heterocycles. The third-order valence-electron chi connectivity index (χ3n) is 6.03. The molecular weight excluding hydrogens is 428 g/mol. The Balaban J connectivity index is 1.79. The van der Waals surface area contributed by atoms with Gasteiger partial charge in [0, 0.05) is 35.5 Å². The molecule has 3 aromatic heterocycles. The number of fused-ring (bicyclic) bond motifs is 2. The number of hydrogen-bond acceptors (Lipinski definition) is 7. The highest BCUT2D eigenvalue weighted by Gasteiger charge is 2.29. The second-order valence-electron chi connectivity index (χ2n) is 8.25. The molecule has 1 aliphatic rings. The summed E-state index contributed by atoms with van der Waals surface area (Å²) in [5.74, 6) is 1.30. The molecule has 1 fully saturated rings. The van der Waals surface area contributed by atoms with E-state index in [0.717, 1.165) is 27.7 Å². The lowest BCUT2D eigenvalue weighted by atomic mass is 10.1. The number of morpholine rings is 1. The largest absolute Gasteiger partial charge is 0.377 e. The van der Waals surface area contributed by atoms with Crippen LogP contribution in [0.1, 0.15) is 25.6 Å². The van der Waals surface area contributed by atoms with Gasteiger partial charge in [0.25, 0.3) is 0 Å². The maximum Gasteiger partial charge on any atom is 0.170 e. The third-order valence-corrected chi connectivity index (χ3v) is 7.55. The second kappa shape index (κ2) is 7.86. The molecule has 0 spiro atoms. The maximum absolute atomic E-state index is 12.5. The minimum Gasteiger partial charge on any atom is -0.377 e. The summed E-state index contributed by atoms with van der Waals surface area (Å²) < 4.78 is 32.2. The first-order valence-electron chi connectivity index (χ1n) is 10.7. The van der Waals surface area contributed by atoms with Crippen LogP contribution in [-0.2, 0) is 14.6 Å². The fourth-order valence-electron chi connectivity index (χ4n) is 4.44. The first-order valence-corrected chi connectivity index (χ1v) is 12.7. The van der Waals surface area contributed by atoms with Crippen LogP contribution in [0.15, 0.2) is 36.7 Å². The Kier molecular flexibility index (Phi) is 5.13. The number of nitrogens with one attached hydrogen (secondary N) is 1. The summed E-state index contributed by atoms with van der Waals surface area (Å²) in [6, 6.07) is 8.07. The number of rotatable bonds is 5. The Morgan fingerprint density at radius 3 is 2.84 bits per heavy atom. The molecule has 0 radical (unpaired) electrons. The van der Waals surface area contributed by atoms with Crippen LogP contribution in [0, 0.1) is 0 Å². The summed E-state index contributed by atoms with van der Waals surface area (Å²) >= 11 is 0. The molecular formula is C22H26N6O3S. The van der Waals surface area contributed by atoms with Gasteiger partial charge in [0.05, 0.1) is 30.8 Å². The first kappa shape index (κ1) is 20.9. The van der Waals surface area contributed by atoms with Gasteiger partial charge in [-0.3, -0.25) is 0 Å². The Morgan fingerprint density at radius 2 is 2.09 bits per heavy atom. The molecule has 2 atom stereocenters. The molecule has 0 amide bonds. The molecule has 5 rings (SSSR count). The number of H-pyrrole nitrogens is 1. The molecule has 4 heterocycles. The molecule has 1 saturated heterocycles. The van der Waals surface area contributed by atoms with Crippen LogP contribution in [0.5, 0.6) is 0 Å². The standard InChI is InChI=1S/C22H26N6O3S/c1-4-19(32(3,29)30)28-22-17(12-24-28)21(27-10-11-31-13-14(27)2)25-20(26-22)16-6-5-7-18-15(16)8-9-23-18/h5-9,12,14,19,23H,4,10-11,13H2,1-3H3/t14-,19?/m1/s1. The highest BCUT2D eigenvalue weighted by atomic mass is 32.2. The average Bonchev–Trinajstić information content (AvgIpc) is 3.40. The molecule has 10 heteroatoms. The van der Waals surface area contributed by atoms with Gasteiger partial charge in [0.1, 0.15) is 5.82 Å². The van der Waals surface area contributed by atoms with Crippen LogP contribution in [0.2, 0.25) is 0 Å². The van der Waals surface area contributed by atoms with E-state index < -0.39 is 15.2 Å². The normalized spacial score (nSPS) is 18.5. The molecule has 0 saturated carbocycles. The number of ether oxygens (including phenoxy) is 1. The molecule has 1 N–H and O–H groups in total. The van der Waals surface area contributed by atoms with Crippen molar-refractivity contribution in [3.63, 3.8) is 0 Å². The molecule has 0 aliphatic carbocycles. The van der Waals surface area contributed by atoms with Crippen molar-refractivity contribution in [2.24, 2.45) is 0 Å². The fourth-order valence-corrected chi connectivity index (χ4v) is 5.56. The molecule has 0 bridgehead atoms. The predicted octanol–water partition coefficient (Wildman–Crippen LogP) is 3.15. The van der Waals surface area contributed by atoms with E-state index in [2.05, 4.69) is 21.9 Å². The Labute approximate surface area is 186 Å². The SMILES string of the molecule is CCC(n1ncc2c(N3CCOC[C@H]3C)nc(-c3cccc4[nH]ccc34)nc21)S(C)(=O)=O. The van der Waals surface area contributed by atoms with E-state index in [1.807, 2.05) is 37.4 Å². The topological polar surface area (TPSA) is 106 Å². The predicted molar refractivity (Wildman–Crippen MR) is 124 cm³/mol. The zero-order valence-corrected chi connectivity index (χ0v) is 19.1. The summed E-state index contributed by atoms with van der Waals surface area (Å²) in [5, 5.41) is 5.43. The minimum atomic E-state index is -3.38. The van der Waals surface area contributed by atoms with Crippen molar-refractivity contribution >= 4 is 37.6 Å². The van der Waals surface area contributed by atoms with Gasteiger partial charge in [0.2, 0.25) is 0 Å². The summed E-state index contributed by atoms with van der Waals surface area (Å²) in [6.45, 7) is 5.83. The lowest BCUT2D eigenvalue weighted by Crippen LogP contribution is -2.44. The summed E-state index contributed by atoms with van der Waals surface area (Å²) in [6.07, 6.45) is 5.20. The van der Waals surface area contributed by atoms with Crippen molar-refractivity contribution in [3.05, 3.63) is 36.7 Å². The van der Waals surface area contributed by atoms with Crippen molar-refractivity contribution in [2.45, 2.75) is 31.7 Å². The molecule has 1 aromatic carbocycles.